The standard InChI is InChI=1S/C21H28FN/c1-2-3-4-15-5-7-16(8-6-15)17-11-12-20-18(13-17)9-10-19(14-23)21(20)22/h9-10,15-17H,2-8,11-13H2,1H3. The second-order valence-corrected chi connectivity index (χ2v) is 7.60. The molecule has 2 aliphatic carbocycles. The molecule has 0 saturated heterocycles. The molecular weight excluding hydrogens is 285 g/mol. The van der Waals surface area contributed by atoms with Gasteiger partial charge in [0.1, 0.15) is 11.9 Å². The number of halogens is 1. The number of nitriles is 1. The number of fused-ring (bicyclic) bond motifs is 1. The minimum atomic E-state index is -0.258. The van der Waals surface area contributed by atoms with Crippen molar-refractivity contribution < 1.29 is 4.39 Å². The van der Waals surface area contributed by atoms with Gasteiger partial charge >= 0.3 is 0 Å². The fourth-order valence-electron chi connectivity index (χ4n) is 4.77. The summed E-state index contributed by atoms with van der Waals surface area (Å²) in [4.78, 5) is 0. The summed E-state index contributed by atoms with van der Waals surface area (Å²) >= 11 is 0. The first-order valence-electron chi connectivity index (χ1n) is 9.43. The van der Waals surface area contributed by atoms with E-state index < -0.39 is 0 Å². The van der Waals surface area contributed by atoms with Crippen LogP contribution in [-0.4, -0.2) is 0 Å². The Morgan fingerprint density at radius 2 is 1.91 bits per heavy atom. The van der Waals surface area contributed by atoms with Gasteiger partial charge in [-0.2, -0.15) is 5.26 Å². The molecule has 1 aromatic carbocycles. The third-order valence-corrected chi connectivity index (χ3v) is 6.23. The van der Waals surface area contributed by atoms with Crippen LogP contribution in [0.25, 0.3) is 0 Å². The lowest BCUT2D eigenvalue weighted by atomic mass is 9.69. The third-order valence-electron chi connectivity index (χ3n) is 6.23. The second kappa shape index (κ2) is 7.47. The molecule has 0 radical (unpaired) electrons. The van der Waals surface area contributed by atoms with Gasteiger partial charge in [0.25, 0.3) is 0 Å². The Hall–Kier alpha value is -1.36. The lowest BCUT2D eigenvalue weighted by Crippen LogP contribution is -2.27. The monoisotopic (exact) mass is 313 g/mol. The Labute approximate surface area is 139 Å². The van der Waals surface area contributed by atoms with E-state index in [1.54, 1.807) is 6.07 Å². The molecule has 0 heterocycles. The summed E-state index contributed by atoms with van der Waals surface area (Å²) in [6.45, 7) is 2.28. The van der Waals surface area contributed by atoms with E-state index >= 15 is 0 Å². The molecule has 1 atom stereocenters. The van der Waals surface area contributed by atoms with Crippen LogP contribution in [-0.2, 0) is 12.8 Å². The highest BCUT2D eigenvalue weighted by molar-refractivity contribution is 5.41. The van der Waals surface area contributed by atoms with Gasteiger partial charge in [0.05, 0.1) is 5.56 Å². The molecule has 124 valence electrons. The van der Waals surface area contributed by atoms with Crippen molar-refractivity contribution in [2.24, 2.45) is 17.8 Å². The van der Waals surface area contributed by atoms with Crippen LogP contribution in [0.3, 0.4) is 0 Å². The van der Waals surface area contributed by atoms with E-state index in [0.717, 1.165) is 48.1 Å². The van der Waals surface area contributed by atoms with E-state index in [1.165, 1.54) is 44.9 Å². The van der Waals surface area contributed by atoms with Crippen LogP contribution in [0.5, 0.6) is 0 Å². The van der Waals surface area contributed by atoms with Crippen LogP contribution >= 0.6 is 0 Å². The van der Waals surface area contributed by atoms with Crippen LogP contribution in [0.15, 0.2) is 12.1 Å². The fraction of sp³-hybridized carbons (Fsp3) is 0.667. The highest BCUT2D eigenvalue weighted by Gasteiger charge is 2.31. The highest BCUT2D eigenvalue weighted by atomic mass is 19.1. The molecule has 0 aliphatic heterocycles. The predicted octanol–water partition coefficient (Wildman–Crippen LogP) is 5.80. The quantitative estimate of drug-likeness (QED) is 0.689. The Morgan fingerprint density at radius 3 is 2.61 bits per heavy atom. The molecule has 1 unspecified atom stereocenters. The highest BCUT2D eigenvalue weighted by Crippen LogP contribution is 2.41. The number of benzene rings is 1. The van der Waals surface area contributed by atoms with Gasteiger partial charge in [-0.3, -0.25) is 0 Å². The van der Waals surface area contributed by atoms with Gasteiger partial charge in [-0.25, -0.2) is 4.39 Å². The van der Waals surface area contributed by atoms with Gasteiger partial charge in [0, 0.05) is 0 Å². The fourth-order valence-corrected chi connectivity index (χ4v) is 4.77. The molecule has 3 rings (SSSR count). The molecule has 0 N–H and O–H groups in total. The molecule has 1 saturated carbocycles. The van der Waals surface area contributed by atoms with Crippen molar-refractivity contribution in [1.82, 2.24) is 0 Å². The molecule has 2 heteroatoms. The number of unbranched alkanes of at least 4 members (excludes halogenated alkanes) is 1. The second-order valence-electron chi connectivity index (χ2n) is 7.60. The van der Waals surface area contributed by atoms with Crippen LogP contribution in [0, 0.1) is 34.9 Å². The average molecular weight is 313 g/mol. The SMILES string of the molecule is CCCCC1CCC(C2CCc3c(ccc(C#N)c3F)C2)CC1. The Bertz CT molecular complexity index is 578. The molecule has 0 aromatic heterocycles. The lowest BCUT2D eigenvalue weighted by molar-refractivity contribution is 0.182. The summed E-state index contributed by atoms with van der Waals surface area (Å²) in [6, 6.07) is 5.63. The maximum atomic E-state index is 14.3. The van der Waals surface area contributed by atoms with E-state index in [9.17, 15) is 4.39 Å². The third kappa shape index (κ3) is 3.60. The summed E-state index contributed by atoms with van der Waals surface area (Å²) in [7, 11) is 0. The van der Waals surface area contributed by atoms with E-state index in [0.29, 0.717) is 0 Å². The minimum absolute atomic E-state index is 0.207. The summed E-state index contributed by atoms with van der Waals surface area (Å²) in [5.74, 6) is 2.26. The van der Waals surface area contributed by atoms with Crippen LogP contribution in [0.4, 0.5) is 4.39 Å². The summed E-state index contributed by atoms with van der Waals surface area (Å²) < 4.78 is 14.3. The van der Waals surface area contributed by atoms with Crippen molar-refractivity contribution in [3.05, 3.63) is 34.6 Å². The number of rotatable bonds is 4. The first-order valence-corrected chi connectivity index (χ1v) is 9.43. The minimum Gasteiger partial charge on any atom is -0.205 e. The van der Waals surface area contributed by atoms with Crippen LogP contribution in [0.1, 0.15) is 75.0 Å². The first kappa shape index (κ1) is 16.5. The maximum absolute atomic E-state index is 14.3. The van der Waals surface area contributed by atoms with Crippen molar-refractivity contribution >= 4 is 0 Å². The van der Waals surface area contributed by atoms with Gasteiger partial charge in [-0.1, -0.05) is 45.1 Å². The molecular formula is C21H28FN. The van der Waals surface area contributed by atoms with Crippen LogP contribution in [0.2, 0.25) is 0 Å². The van der Waals surface area contributed by atoms with Crippen molar-refractivity contribution in [3.63, 3.8) is 0 Å². The van der Waals surface area contributed by atoms with Gasteiger partial charge < -0.3 is 0 Å². The maximum Gasteiger partial charge on any atom is 0.144 e. The van der Waals surface area contributed by atoms with E-state index in [4.69, 9.17) is 5.26 Å². The predicted molar refractivity (Wildman–Crippen MR) is 91.6 cm³/mol. The van der Waals surface area contributed by atoms with Gasteiger partial charge in [-0.15, -0.1) is 0 Å². The molecule has 2 aliphatic rings. The number of hydrogen-bond acceptors (Lipinski definition) is 1. The first-order chi connectivity index (χ1) is 11.2. The van der Waals surface area contributed by atoms with E-state index in [-0.39, 0.29) is 11.4 Å². The Kier molecular flexibility index (Phi) is 5.36. The molecule has 0 bridgehead atoms. The normalized spacial score (nSPS) is 27.3. The van der Waals surface area contributed by atoms with Gasteiger partial charge in [-0.05, 0) is 67.1 Å². The Balaban J connectivity index is 1.60. The smallest absolute Gasteiger partial charge is 0.144 e. The molecule has 0 spiro atoms. The zero-order valence-electron chi connectivity index (χ0n) is 14.3. The molecule has 1 aromatic rings. The molecule has 23 heavy (non-hydrogen) atoms. The molecule has 1 fully saturated rings. The van der Waals surface area contributed by atoms with Gasteiger partial charge in [0.2, 0.25) is 0 Å². The number of hydrogen-bond donors (Lipinski definition) is 0. The van der Waals surface area contributed by atoms with Crippen molar-refractivity contribution in [3.8, 4) is 6.07 Å². The van der Waals surface area contributed by atoms with Crippen molar-refractivity contribution in [2.75, 3.05) is 0 Å². The average Bonchev–Trinajstić information content (AvgIpc) is 2.60. The van der Waals surface area contributed by atoms with Gasteiger partial charge in [0.15, 0.2) is 0 Å². The molecule has 0 amide bonds. The Morgan fingerprint density at radius 1 is 1.13 bits per heavy atom. The summed E-state index contributed by atoms with van der Waals surface area (Å²) in [6.07, 6.45) is 12.6. The van der Waals surface area contributed by atoms with Crippen LogP contribution < -0.4 is 0 Å². The zero-order chi connectivity index (χ0) is 16.2. The van der Waals surface area contributed by atoms with E-state index in [1.807, 2.05) is 12.1 Å². The topological polar surface area (TPSA) is 23.8 Å². The summed E-state index contributed by atoms with van der Waals surface area (Å²) in [5.41, 5.74) is 2.18. The summed E-state index contributed by atoms with van der Waals surface area (Å²) in [5, 5.41) is 8.97. The largest absolute Gasteiger partial charge is 0.205 e. The number of nitrogens with zero attached hydrogens (tertiary/aromatic N) is 1. The van der Waals surface area contributed by atoms with E-state index in [2.05, 4.69) is 6.92 Å². The lowest BCUT2D eigenvalue weighted by Gasteiger charge is -2.36. The van der Waals surface area contributed by atoms with Crippen molar-refractivity contribution in [2.45, 2.75) is 71.1 Å². The zero-order valence-corrected chi connectivity index (χ0v) is 14.3. The molecule has 1 nitrogen and oxygen atoms in total. The van der Waals surface area contributed by atoms with Crippen molar-refractivity contribution in [1.29, 1.82) is 5.26 Å².